The molecule has 0 radical (unpaired) electrons. The Hall–Kier alpha value is -1.89. The van der Waals surface area contributed by atoms with E-state index in [1.165, 1.54) is 10.5 Å². The maximum absolute atomic E-state index is 12.5. The molecule has 1 aromatic carbocycles. The summed E-state index contributed by atoms with van der Waals surface area (Å²) in [5.74, 6) is -0.652. The Labute approximate surface area is 148 Å². The van der Waals surface area contributed by atoms with Gasteiger partial charge in [0.1, 0.15) is 0 Å². The van der Waals surface area contributed by atoms with Crippen molar-refractivity contribution in [3.05, 3.63) is 35.4 Å². The first-order chi connectivity index (χ1) is 11.8. The lowest BCUT2D eigenvalue weighted by molar-refractivity contribution is -0.135. The van der Waals surface area contributed by atoms with Crippen LogP contribution in [0.2, 0.25) is 0 Å². The van der Waals surface area contributed by atoms with Gasteiger partial charge in [0.2, 0.25) is 11.8 Å². The van der Waals surface area contributed by atoms with Crippen LogP contribution in [0.3, 0.4) is 0 Å². The fraction of sp³-hybridized carbons (Fsp3) is 0.556. The van der Waals surface area contributed by atoms with E-state index in [1.54, 1.807) is 7.05 Å². The molecular weight excluding hydrogens is 340 g/mol. The molecule has 1 N–H and O–H groups in total. The van der Waals surface area contributed by atoms with Crippen molar-refractivity contribution < 1.29 is 18.0 Å². The highest BCUT2D eigenvalue weighted by atomic mass is 32.2. The highest BCUT2D eigenvalue weighted by molar-refractivity contribution is 7.91. The first kappa shape index (κ1) is 17.9. The Morgan fingerprint density at radius 1 is 1.20 bits per heavy atom. The van der Waals surface area contributed by atoms with Gasteiger partial charge in [-0.05, 0) is 25.3 Å². The number of amides is 2. The van der Waals surface area contributed by atoms with Crippen LogP contribution in [0.5, 0.6) is 0 Å². The number of aryl methyl sites for hydroxylation is 1. The lowest BCUT2D eigenvalue weighted by atomic mass is 10.1. The molecule has 1 saturated carbocycles. The van der Waals surface area contributed by atoms with Crippen LogP contribution in [-0.2, 0) is 26.0 Å². The highest BCUT2D eigenvalue weighted by Crippen LogP contribution is 2.40. The summed E-state index contributed by atoms with van der Waals surface area (Å²) >= 11 is 0. The zero-order chi connectivity index (χ0) is 18.2. The van der Waals surface area contributed by atoms with Gasteiger partial charge in [-0.3, -0.25) is 9.59 Å². The van der Waals surface area contributed by atoms with E-state index in [9.17, 15) is 18.0 Å². The topological polar surface area (TPSA) is 83.6 Å². The van der Waals surface area contributed by atoms with Crippen molar-refractivity contribution in [1.29, 1.82) is 0 Å². The molecule has 1 aliphatic carbocycles. The van der Waals surface area contributed by atoms with E-state index >= 15 is 0 Å². The third-order valence-corrected chi connectivity index (χ3v) is 6.89. The number of hydrogen-bond donors (Lipinski definition) is 1. The Morgan fingerprint density at radius 2 is 1.88 bits per heavy atom. The summed E-state index contributed by atoms with van der Waals surface area (Å²) < 4.78 is 23.1. The smallest absolute Gasteiger partial charge is 0.226 e. The molecule has 136 valence electrons. The Kier molecular flexibility index (Phi) is 4.86. The molecule has 1 aromatic rings. The van der Waals surface area contributed by atoms with Gasteiger partial charge in [0.15, 0.2) is 9.84 Å². The third kappa shape index (κ3) is 4.21. The van der Waals surface area contributed by atoms with Gasteiger partial charge in [-0.2, -0.15) is 0 Å². The number of carbonyl (C=O) groups excluding carboxylic acids is 2. The SMILES string of the molecule is Cc1ccc(CNC(=O)C2CC2C(=O)N(C)C2CCS(=O)(=O)C2)cc1. The summed E-state index contributed by atoms with van der Waals surface area (Å²) in [4.78, 5) is 26.2. The summed E-state index contributed by atoms with van der Waals surface area (Å²) in [5, 5.41) is 2.88. The van der Waals surface area contributed by atoms with E-state index in [1.807, 2.05) is 31.2 Å². The van der Waals surface area contributed by atoms with Crippen LogP contribution in [0.4, 0.5) is 0 Å². The summed E-state index contributed by atoms with van der Waals surface area (Å²) in [6.07, 6.45) is 1.03. The minimum absolute atomic E-state index is 0.0340. The van der Waals surface area contributed by atoms with Crippen LogP contribution in [0, 0.1) is 18.8 Å². The van der Waals surface area contributed by atoms with Gasteiger partial charge < -0.3 is 10.2 Å². The number of hydrogen-bond acceptors (Lipinski definition) is 4. The molecule has 0 spiro atoms. The molecule has 6 nitrogen and oxygen atoms in total. The fourth-order valence-corrected chi connectivity index (χ4v) is 5.08. The lowest BCUT2D eigenvalue weighted by Crippen LogP contribution is -2.39. The van der Waals surface area contributed by atoms with Crippen molar-refractivity contribution in [3.63, 3.8) is 0 Å². The van der Waals surface area contributed by atoms with Crippen LogP contribution >= 0.6 is 0 Å². The summed E-state index contributed by atoms with van der Waals surface area (Å²) in [6, 6.07) is 7.68. The number of carbonyl (C=O) groups is 2. The summed E-state index contributed by atoms with van der Waals surface area (Å²) in [7, 11) is -1.38. The molecule has 25 heavy (non-hydrogen) atoms. The predicted octanol–water partition coefficient (Wildman–Crippen LogP) is 0.893. The lowest BCUT2D eigenvalue weighted by Gasteiger charge is -2.23. The van der Waals surface area contributed by atoms with Crippen molar-refractivity contribution in [2.75, 3.05) is 18.6 Å². The molecule has 0 bridgehead atoms. The van der Waals surface area contributed by atoms with Crippen molar-refractivity contribution in [1.82, 2.24) is 10.2 Å². The van der Waals surface area contributed by atoms with E-state index in [-0.39, 0.29) is 41.2 Å². The molecule has 3 unspecified atom stereocenters. The number of rotatable bonds is 5. The van der Waals surface area contributed by atoms with Crippen LogP contribution < -0.4 is 5.32 Å². The number of nitrogens with zero attached hydrogens (tertiary/aromatic N) is 1. The molecule has 2 fully saturated rings. The zero-order valence-electron chi connectivity index (χ0n) is 14.6. The first-order valence-corrected chi connectivity index (χ1v) is 10.4. The molecule has 3 rings (SSSR count). The Bertz CT molecular complexity index is 773. The van der Waals surface area contributed by atoms with E-state index in [4.69, 9.17) is 0 Å². The van der Waals surface area contributed by atoms with E-state index in [0.29, 0.717) is 19.4 Å². The zero-order valence-corrected chi connectivity index (χ0v) is 15.4. The van der Waals surface area contributed by atoms with Crippen LogP contribution in [-0.4, -0.2) is 49.7 Å². The van der Waals surface area contributed by atoms with Gasteiger partial charge in [0.05, 0.1) is 23.3 Å². The third-order valence-electron chi connectivity index (χ3n) is 5.14. The minimum atomic E-state index is -3.02. The first-order valence-electron chi connectivity index (χ1n) is 8.57. The quantitative estimate of drug-likeness (QED) is 0.841. The fourth-order valence-electron chi connectivity index (χ4n) is 3.31. The van der Waals surface area contributed by atoms with Gasteiger partial charge >= 0.3 is 0 Å². The predicted molar refractivity (Wildman–Crippen MR) is 94.5 cm³/mol. The van der Waals surface area contributed by atoms with Crippen molar-refractivity contribution in [3.8, 4) is 0 Å². The van der Waals surface area contributed by atoms with Crippen molar-refractivity contribution in [2.45, 2.75) is 32.4 Å². The molecule has 2 aliphatic rings. The number of sulfone groups is 1. The normalized spacial score (nSPS) is 26.9. The monoisotopic (exact) mass is 364 g/mol. The van der Waals surface area contributed by atoms with Crippen LogP contribution in [0.1, 0.15) is 24.0 Å². The minimum Gasteiger partial charge on any atom is -0.352 e. The average molecular weight is 364 g/mol. The molecule has 7 heteroatoms. The van der Waals surface area contributed by atoms with E-state index in [0.717, 1.165) is 5.56 Å². The molecule has 1 heterocycles. The van der Waals surface area contributed by atoms with Crippen LogP contribution in [0.25, 0.3) is 0 Å². The highest BCUT2D eigenvalue weighted by Gasteiger charge is 2.50. The summed E-state index contributed by atoms with van der Waals surface area (Å²) in [5.41, 5.74) is 2.19. The second-order valence-electron chi connectivity index (χ2n) is 7.16. The van der Waals surface area contributed by atoms with Crippen LogP contribution in [0.15, 0.2) is 24.3 Å². The van der Waals surface area contributed by atoms with E-state index < -0.39 is 9.84 Å². The Morgan fingerprint density at radius 3 is 2.48 bits per heavy atom. The van der Waals surface area contributed by atoms with Gasteiger partial charge in [-0.1, -0.05) is 29.8 Å². The van der Waals surface area contributed by atoms with Crippen molar-refractivity contribution in [2.24, 2.45) is 11.8 Å². The van der Waals surface area contributed by atoms with Gasteiger partial charge in [-0.15, -0.1) is 0 Å². The average Bonchev–Trinajstić information content (AvgIpc) is 3.29. The van der Waals surface area contributed by atoms with E-state index in [2.05, 4.69) is 5.32 Å². The van der Waals surface area contributed by atoms with Gasteiger partial charge in [0.25, 0.3) is 0 Å². The molecular formula is C18H24N2O4S. The molecule has 1 aliphatic heterocycles. The van der Waals surface area contributed by atoms with Gasteiger partial charge in [-0.25, -0.2) is 8.42 Å². The second-order valence-corrected chi connectivity index (χ2v) is 9.39. The molecule has 0 aromatic heterocycles. The molecule has 2 amide bonds. The van der Waals surface area contributed by atoms with Crippen molar-refractivity contribution >= 4 is 21.7 Å². The second kappa shape index (κ2) is 6.78. The molecule has 3 atom stereocenters. The summed E-state index contributed by atoms with van der Waals surface area (Å²) in [6.45, 7) is 2.46. The van der Waals surface area contributed by atoms with Gasteiger partial charge in [0, 0.05) is 19.6 Å². The Balaban J connectivity index is 1.49. The number of benzene rings is 1. The number of nitrogens with one attached hydrogen (secondary N) is 1. The maximum atomic E-state index is 12.5. The maximum Gasteiger partial charge on any atom is 0.226 e. The standard InChI is InChI=1S/C18H24N2O4S/c1-12-3-5-13(6-4-12)10-19-17(21)15-9-16(15)18(22)20(2)14-7-8-25(23,24)11-14/h3-6,14-16H,7-11H2,1-2H3,(H,19,21). The largest absolute Gasteiger partial charge is 0.352 e. The molecule has 1 saturated heterocycles.